The molecule has 2 atom stereocenters. The van der Waals surface area contributed by atoms with E-state index in [0.717, 1.165) is 12.8 Å². The van der Waals surface area contributed by atoms with Crippen LogP contribution in [0.25, 0.3) is 0 Å². The van der Waals surface area contributed by atoms with Crippen LogP contribution in [0.2, 0.25) is 0 Å². The Morgan fingerprint density at radius 1 is 1.50 bits per heavy atom. The van der Waals surface area contributed by atoms with Crippen molar-refractivity contribution < 1.29 is 4.74 Å². The maximum absolute atomic E-state index is 5.52. The predicted molar refractivity (Wildman–Crippen MR) is 58.3 cm³/mol. The largest absolute Gasteiger partial charge is 0.377 e. The van der Waals surface area contributed by atoms with Crippen molar-refractivity contribution in [2.24, 2.45) is 0 Å². The van der Waals surface area contributed by atoms with Gasteiger partial charge in [0.1, 0.15) is 0 Å². The van der Waals surface area contributed by atoms with E-state index in [0.29, 0.717) is 12.1 Å². The van der Waals surface area contributed by atoms with Crippen molar-refractivity contribution in [3.8, 4) is 0 Å². The highest BCUT2D eigenvalue weighted by atomic mass is 16.5. The molecular weight excluding hydrogens is 174 g/mol. The lowest BCUT2D eigenvalue weighted by Crippen LogP contribution is -2.32. The molecule has 2 unspecified atom stereocenters. The molecule has 0 fully saturated rings. The van der Waals surface area contributed by atoms with Crippen LogP contribution in [-0.4, -0.2) is 26.3 Å². The molecule has 0 aromatic rings. The van der Waals surface area contributed by atoms with Gasteiger partial charge in [0.25, 0.3) is 0 Å². The fraction of sp³-hybridized carbons (Fsp3) is 0.667. The molecular formula is C12H19NO. The molecule has 2 aliphatic carbocycles. The van der Waals surface area contributed by atoms with Gasteiger partial charge in [-0.1, -0.05) is 12.2 Å². The number of allylic oxidation sites excluding steroid dienone is 2. The molecule has 2 heteroatoms. The summed E-state index contributed by atoms with van der Waals surface area (Å²) in [7, 11) is 3.87. The first-order valence-corrected chi connectivity index (χ1v) is 5.43. The first-order valence-electron chi connectivity index (χ1n) is 5.43. The molecule has 2 aliphatic rings. The number of rotatable bonds is 2. The van der Waals surface area contributed by atoms with Crippen molar-refractivity contribution in [2.45, 2.75) is 37.8 Å². The van der Waals surface area contributed by atoms with E-state index in [-0.39, 0.29) is 0 Å². The summed E-state index contributed by atoms with van der Waals surface area (Å²) in [5.41, 5.74) is 3.05. The molecule has 0 saturated carbocycles. The zero-order valence-corrected chi connectivity index (χ0v) is 9.05. The van der Waals surface area contributed by atoms with Crippen molar-refractivity contribution in [1.82, 2.24) is 5.32 Å². The molecule has 0 saturated heterocycles. The molecule has 0 aliphatic heterocycles. The molecule has 1 N–H and O–H groups in total. The van der Waals surface area contributed by atoms with Gasteiger partial charge in [-0.2, -0.15) is 0 Å². The molecule has 0 aromatic heterocycles. The minimum atomic E-state index is 0.339. The minimum Gasteiger partial charge on any atom is -0.377 e. The molecule has 78 valence electrons. The molecule has 0 radical (unpaired) electrons. The monoisotopic (exact) mass is 193 g/mol. The molecule has 2 rings (SSSR count). The highest BCUT2D eigenvalue weighted by molar-refractivity contribution is 5.35. The lowest BCUT2D eigenvalue weighted by molar-refractivity contribution is 0.125. The van der Waals surface area contributed by atoms with Gasteiger partial charge in [-0.3, -0.25) is 0 Å². The summed E-state index contributed by atoms with van der Waals surface area (Å²) in [6, 6.07) is 0.651. The van der Waals surface area contributed by atoms with Crippen LogP contribution in [0.1, 0.15) is 25.7 Å². The average molecular weight is 193 g/mol. The third-order valence-electron chi connectivity index (χ3n) is 3.39. The van der Waals surface area contributed by atoms with Crippen molar-refractivity contribution in [3.05, 3.63) is 23.3 Å². The Labute approximate surface area is 86.0 Å². The lowest BCUT2D eigenvalue weighted by atomic mass is 9.82. The van der Waals surface area contributed by atoms with Crippen molar-refractivity contribution in [3.63, 3.8) is 0 Å². The zero-order chi connectivity index (χ0) is 9.97. The van der Waals surface area contributed by atoms with Gasteiger partial charge in [-0.15, -0.1) is 0 Å². The molecule has 14 heavy (non-hydrogen) atoms. The Hall–Kier alpha value is -0.600. The van der Waals surface area contributed by atoms with Gasteiger partial charge in [0.2, 0.25) is 0 Å². The van der Waals surface area contributed by atoms with Crippen LogP contribution in [0.5, 0.6) is 0 Å². The number of methoxy groups -OCH3 is 1. The van der Waals surface area contributed by atoms with Crippen LogP contribution < -0.4 is 5.32 Å². The maximum Gasteiger partial charge on any atom is 0.0821 e. The Morgan fingerprint density at radius 2 is 2.36 bits per heavy atom. The van der Waals surface area contributed by atoms with Gasteiger partial charge in [0.05, 0.1) is 6.10 Å². The fourth-order valence-electron chi connectivity index (χ4n) is 2.48. The van der Waals surface area contributed by atoms with Crippen molar-refractivity contribution in [2.75, 3.05) is 14.2 Å². The van der Waals surface area contributed by atoms with Crippen molar-refractivity contribution in [1.29, 1.82) is 0 Å². The van der Waals surface area contributed by atoms with E-state index in [1.165, 1.54) is 24.0 Å². The van der Waals surface area contributed by atoms with E-state index in [1.54, 1.807) is 0 Å². The van der Waals surface area contributed by atoms with Gasteiger partial charge in [0, 0.05) is 13.2 Å². The second kappa shape index (κ2) is 4.28. The van der Waals surface area contributed by atoms with Gasteiger partial charge in [0.15, 0.2) is 0 Å². The van der Waals surface area contributed by atoms with Crippen LogP contribution in [-0.2, 0) is 4.74 Å². The third kappa shape index (κ3) is 1.77. The van der Waals surface area contributed by atoms with Crippen molar-refractivity contribution >= 4 is 0 Å². The Morgan fingerprint density at radius 3 is 3.07 bits per heavy atom. The van der Waals surface area contributed by atoms with Gasteiger partial charge in [-0.05, 0) is 43.9 Å². The standard InChI is InChI=1S/C12H19NO/c1-13-10-7-6-9-4-3-5-12(14-2)11(9)8-10/h3-4,10,12-13H,5-8H2,1-2H3. The van der Waals surface area contributed by atoms with E-state index < -0.39 is 0 Å². The number of nitrogens with one attached hydrogen (secondary N) is 1. The second-order valence-electron chi connectivity index (χ2n) is 4.14. The lowest BCUT2D eigenvalue weighted by Gasteiger charge is -2.32. The molecule has 0 aromatic carbocycles. The Kier molecular flexibility index (Phi) is 3.04. The molecule has 2 nitrogen and oxygen atoms in total. The zero-order valence-electron chi connectivity index (χ0n) is 9.05. The van der Waals surface area contributed by atoms with E-state index in [1.807, 2.05) is 7.11 Å². The van der Waals surface area contributed by atoms with E-state index in [2.05, 4.69) is 24.5 Å². The summed E-state index contributed by atoms with van der Waals surface area (Å²) in [4.78, 5) is 0. The SMILES string of the molecule is CNC1CCC2=C(C1)C(OC)CC=C2. The van der Waals surface area contributed by atoms with Gasteiger partial charge in [-0.25, -0.2) is 0 Å². The Balaban J connectivity index is 2.17. The van der Waals surface area contributed by atoms with Crippen LogP contribution in [0.3, 0.4) is 0 Å². The van der Waals surface area contributed by atoms with Gasteiger partial charge >= 0.3 is 0 Å². The fourth-order valence-corrected chi connectivity index (χ4v) is 2.48. The molecule has 0 spiro atoms. The topological polar surface area (TPSA) is 21.3 Å². The number of hydrogen-bond donors (Lipinski definition) is 1. The highest BCUT2D eigenvalue weighted by Crippen LogP contribution is 2.33. The van der Waals surface area contributed by atoms with Gasteiger partial charge < -0.3 is 10.1 Å². The van der Waals surface area contributed by atoms with Crippen LogP contribution >= 0.6 is 0 Å². The molecule has 0 amide bonds. The second-order valence-corrected chi connectivity index (χ2v) is 4.14. The normalized spacial score (nSPS) is 31.9. The Bertz CT molecular complexity index is 267. The van der Waals surface area contributed by atoms with Crippen LogP contribution in [0, 0.1) is 0 Å². The van der Waals surface area contributed by atoms with Crippen LogP contribution in [0.4, 0.5) is 0 Å². The summed E-state index contributed by atoms with van der Waals surface area (Å²) in [6.07, 6.45) is 9.54. The predicted octanol–water partition coefficient (Wildman–Crippen LogP) is 2.03. The summed E-state index contributed by atoms with van der Waals surface area (Å²) >= 11 is 0. The summed E-state index contributed by atoms with van der Waals surface area (Å²) in [5, 5.41) is 3.37. The third-order valence-corrected chi connectivity index (χ3v) is 3.39. The number of ether oxygens (including phenoxy) is 1. The summed E-state index contributed by atoms with van der Waals surface area (Å²) in [5.74, 6) is 0. The highest BCUT2D eigenvalue weighted by Gasteiger charge is 2.25. The van der Waals surface area contributed by atoms with E-state index >= 15 is 0 Å². The summed E-state index contributed by atoms with van der Waals surface area (Å²) in [6.45, 7) is 0. The van der Waals surface area contributed by atoms with Crippen LogP contribution in [0.15, 0.2) is 23.3 Å². The first-order chi connectivity index (χ1) is 6.85. The minimum absolute atomic E-state index is 0.339. The smallest absolute Gasteiger partial charge is 0.0821 e. The summed E-state index contributed by atoms with van der Waals surface area (Å²) < 4.78 is 5.52. The first kappa shape index (κ1) is 9.94. The molecule has 0 heterocycles. The van der Waals surface area contributed by atoms with E-state index in [9.17, 15) is 0 Å². The molecule has 0 bridgehead atoms. The maximum atomic E-state index is 5.52. The number of hydrogen-bond acceptors (Lipinski definition) is 2. The van der Waals surface area contributed by atoms with E-state index in [4.69, 9.17) is 4.74 Å². The quantitative estimate of drug-likeness (QED) is 0.724. The average Bonchev–Trinajstić information content (AvgIpc) is 2.27.